The van der Waals surface area contributed by atoms with E-state index in [0.29, 0.717) is 16.5 Å². The lowest BCUT2D eigenvalue weighted by Gasteiger charge is -2.23. The lowest BCUT2D eigenvalue weighted by Crippen LogP contribution is -2.22. The fourth-order valence-corrected chi connectivity index (χ4v) is 5.18. The molecular formula is C19H24ClNOSi. The molecule has 1 unspecified atom stereocenters. The molecule has 122 valence electrons. The van der Waals surface area contributed by atoms with Gasteiger partial charge in [-0.15, -0.1) is 0 Å². The largest absolute Gasteiger partial charge is 0.322 e. The van der Waals surface area contributed by atoms with Crippen LogP contribution in [0.2, 0.25) is 30.7 Å². The van der Waals surface area contributed by atoms with Gasteiger partial charge in [-0.05, 0) is 29.7 Å². The van der Waals surface area contributed by atoms with Crippen molar-refractivity contribution >= 4 is 31.3 Å². The fourth-order valence-electron chi connectivity index (χ4n) is 2.90. The number of hydrogen-bond acceptors (Lipinski definition) is 1. The van der Waals surface area contributed by atoms with Gasteiger partial charge in [0.25, 0.3) is 5.91 Å². The molecule has 0 spiro atoms. The molecule has 0 saturated carbocycles. The van der Waals surface area contributed by atoms with Crippen LogP contribution in [0.4, 0.5) is 5.69 Å². The van der Waals surface area contributed by atoms with E-state index in [2.05, 4.69) is 37.9 Å². The molecule has 4 heteroatoms. The van der Waals surface area contributed by atoms with E-state index in [1.807, 2.05) is 30.3 Å². The highest BCUT2D eigenvalue weighted by Gasteiger charge is 2.21. The Morgan fingerprint density at radius 2 is 1.70 bits per heavy atom. The Kier molecular flexibility index (Phi) is 5.66. The Morgan fingerprint density at radius 1 is 1.09 bits per heavy atom. The maximum atomic E-state index is 12.5. The second kappa shape index (κ2) is 7.32. The fraction of sp³-hybridized carbons (Fsp3) is 0.316. The molecule has 1 N–H and O–H groups in total. The van der Waals surface area contributed by atoms with Crippen molar-refractivity contribution in [3.63, 3.8) is 0 Å². The predicted octanol–water partition coefficient (Wildman–Crippen LogP) is 6.03. The van der Waals surface area contributed by atoms with Crippen molar-refractivity contribution in [3.8, 4) is 0 Å². The molecule has 23 heavy (non-hydrogen) atoms. The van der Waals surface area contributed by atoms with Gasteiger partial charge in [-0.2, -0.15) is 0 Å². The average Bonchev–Trinajstić information content (AvgIpc) is 2.46. The number of rotatable bonds is 5. The van der Waals surface area contributed by atoms with Crippen molar-refractivity contribution in [3.05, 3.63) is 64.7 Å². The Bertz CT molecular complexity index is 694. The zero-order chi connectivity index (χ0) is 17.0. The second-order valence-electron chi connectivity index (χ2n) is 7.19. The lowest BCUT2D eigenvalue weighted by molar-refractivity contribution is 0.102. The first-order valence-corrected chi connectivity index (χ1v) is 12.0. The van der Waals surface area contributed by atoms with E-state index < -0.39 is 8.07 Å². The van der Waals surface area contributed by atoms with Crippen LogP contribution in [0.3, 0.4) is 0 Å². The number of carbonyl (C=O) groups excluding carboxylic acids is 1. The van der Waals surface area contributed by atoms with Crippen molar-refractivity contribution in [2.24, 2.45) is 0 Å². The van der Waals surface area contributed by atoms with Gasteiger partial charge in [-0.1, -0.05) is 74.5 Å². The monoisotopic (exact) mass is 345 g/mol. The van der Waals surface area contributed by atoms with Crippen LogP contribution in [0.15, 0.2) is 48.5 Å². The van der Waals surface area contributed by atoms with E-state index in [1.165, 1.54) is 11.6 Å². The van der Waals surface area contributed by atoms with Crippen LogP contribution < -0.4 is 5.32 Å². The molecule has 2 rings (SSSR count). The molecule has 0 heterocycles. The number of amides is 1. The molecule has 0 fully saturated rings. The van der Waals surface area contributed by atoms with Gasteiger partial charge in [0.15, 0.2) is 0 Å². The van der Waals surface area contributed by atoms with Crippen LogP contribution in [0.25, 0.3) is 0 Å². The summed E-state index contributed by atoms with van der Waals surface area (Å²) in [6, 6.07) is 16.4. The smallest absolute Gasteiger partial charge is 0.257 e. The minimum Gasteiger partial charge on any atom is -0.322 e. The van der Waals surface area contributed by atoms with Gasteiger partial charge in [0.05, 0.1) is 10.6 Å². The maximum Gasteiger partial charge on any atom is 0.257 e. The number of para-hydroxylation sites is 1. The van der Waals surface area contributed by atoms with Crippen LogP contribution >= 0.6 is 11.6 Å². The SMILES string of the molecule is CC(C[Si](C)(C)C)c1ccccc1NC(=O)c1ccccc1Cl. The summed E-state index contributed by atoms with van der Waals surface area (Å²) in [5.74, 6) is 0.257. The first kappa shape index (κ1) is 17.8. The Morgan fingerprint density at radius 3 is 2.35 bits per heavy atom. The summed E-state index contributed by atoms with van der Waals surface area (Å²) >= 11 is 6.12. The van der Waals surface area contributed by atoms with Gasteiger partial charge in [0.1, 0.15) is 0 Å². The van der Waals surface area contributed by atoms with Crippen molar-refractivity contribution in [2.75, 3.05) is 5.32 Å². The Labute approximate surface area is 144 Å². The van der Waals surface area contributed by atoms with Crippen LogP contribution in [0.1, 0.15) is 28.8 Å². The van der Waals surface area contributed by atoms with Crippen molar-refractivity contribution in [1.82, 2.24) is 0 Å². The van der Waals surface area contributed by atoms with E-state index >= 15 is 0 Å². The van der Waals surface area contributed by atoms with E-state index in [0.717, 1.165) is 5.69 Å². The molecule has 0 aliphatic rings. The Balaban J connectivity index is 2.24. The minimum atomic E-state index is -1.17. The second-order valence-corrected chi connectivity index (χ2v) is 13.1. The van der Waals surface area contributed by atoms with Gasteiger partial charge in [0.2, 0.25) is 0 Å². The van der Waals surface area contributed by atoms with Crippen LogP contribution in [0, 0.1) is 0 Å². The molecule has 1 amide bonds. The topological polar surface area (TPSA) is 29.1 Å². The van der Waals surface area contributed by atoms with E-state index in [-0.39, 0.29) is 5.91 Å². The molecule has 0 saturated heterocycles. The average molecular weight is 346 g/mol. The van der Waals surface area contributed by atoms with Crippen LogP contribution in [0.5, 0.6) is 0 Å². The van der Waals surface area contributed by atoms with Crippen molar-refractivity contribution in [2.45, 2.75) is 38.5 Å². The summed E-state index contributed by atoms with van der Waals surface area (Å²) in [5, 5.41) is 3.50. The molecule has 2 aromatic rings. The standard InChI is InChI=1S/C19H24ClNOSi/c1-14(13-23(2,3)4)15-9-6-8-12-18(15)21-19(22)16-10-5-7-11-17(16)20/h5-12,14H,13H2,1-4H3,(H,21,22). The van der Waals surface area contributed by atoms with Gasteiger partial charge < -0.3 is 5.32 Å². The highest BCUT2D eigenvalue weighted by molar-refractivity contribution is 6.76. The lowest BCUT2D eigenvalue weighted by atomic mass is 10.0. The highest BCUT2D eigenvalue weighted by atomic mass is 35.5. The minimum absolute atomic E-state index is 0.164. The molecule has 0 aliphatic carbocycles. The maximum absolute atomic E-state index is 12.5. The van der Waals surface area contributed by atoms with E-state index in [4.69, 9.17) is 11.6 Å². The van der Waals surface area contributed by atoms with Crippen molar-refractivity contribution in [1.29, 1.82) is 0 Å². The Hall–Kier alpha value is -1.58. The summed E-state index contributed by atoms with van der Waals surface area (Å²) in [5.41, 5.74) is 2.57. The predicted molar refractivity (Wildman–Crippen MR) is 102 cm³/mol. The molecule has 2 aromatic carbocycles. The molecular weight excluding hydrogens is 322 g/mol. The third-order valence-electron chi connectivity index (χ3n) is 3.78. The summed E-state index contributed by atoms with van der Waals surface area (Å²) < 4.78 is 0. The van der Waals surface area contributed by atoms with Gasteiger partial charge >= 0.3 is 0 Å². The molecule has 0 radical (unpaired) electrons. The van der Waals surface area contributed by atoms with Crippen LogP contribution in [-0.4, -0.2) is 14.0 Å². The summed E-state index contributed by atoms with van der Waals surface area (Å²) in [6.45, 7) is 9.34. The van der Waals surface area contributed by atoms with E-state index in [9.17, 15) is 4.79 Å². The zero-order valence-electron chi connectivity index (χ0n) is 14.2. The van der Waals surface area contributed by atoms with Gasteiger partial charge in [-0.3, -0.25) is 4.79 Å². The first-order valence-electron chi connectivity index (χ1n) is 7.93. The molecule has 0 aromatic heterocycles. The quantitative estimate of drug-likeness (QED) is 0.658. The number of hydrogen-bond donors (Lipinski definition) is 1. The number of carbonyl (C=O) groups is 1. The van der Waals surface area contributed by atoms with Crippen molar-refractivity contribution < 1.29 is 4.79 Å². The highest BCUT2D eigenvalue weighted by Crippen LogP contribution is 2.31. The van der Waals surface area contributed by atoms with Gasteiger partial charge in [0, 0.05) is 13.8 Å². The van der Waals surface area contributed by atoms with Gasteiger partial charge in [-0.25, -0.2) is 0 Å². The summed E-state index contributed by atoms with van der Waals surface area (Å²) in [4.78, 5) is 12.5. The zero-order valence-corrected chi connectivity index (χ0v) is 15.9. The molecule has 2 nitrogen and oxygen atoms in total. The summed E-state index contributed by atoms with van der Waals surface area (Å²) in [7, 11) is -1.17. The number of benzene rings is 2. The number of nitrogens with one attached hydrogen (secondary N) is 1. The molecule has 0 bridgehead atoms. The molecule has 0 aliphatic heterocycles. The summed E-state index contributed by atoms with van der Waals surface area (Å²) in [6.07, 6.45) is 0. The third kappa shape index (κ3) is 4.95. The third-order valence-corrected chi connectivity index (χ3v) is 5.94. The molecule has 1 atom stereocenters. The first-order chi connectivity index (χ1) is 10.8. The van der Waals surface area contributed by atoms with E-state index in [1.54, 1.807) is 12.1 Å². The number of halogens is 1. The van der Waals surface area contributed by atoms with Crippen LogP contribution in [-0.2, 0) is 0 Å². The normalized spacial score (nSPS) is 12.7. The number of anilines is 1.